The van der Waals surface area contributed by atoms with E-state index in [-0.39, 0.29) is 18.6 Å². The molecule has 0 aliphatic carbocycles. The summed E-state index contributed by atoms with van der Waals surface area (Å²) in [5.41, 5.74) is 1.86. The van der Waals surface area contributed by atoms with Crippen LogP contribution >= 0.6 is 0 Å². The van der Waals surface area contributed by atoms with Crippen molar-refractivity contribution in [1.29, 1.82) is 0 Å². The molecule has 0 bridgehead atoms. The molecular formula is C19H19N3O3. The number of aryl methyl sites for hydroxylation is 1. The SMILES string of the molecule is Cc1nc2ccccc2n1CC(=O)NCC1COc2ccccc2O1. The summed E-state index contributed by atoms with van der Waals surface area (Å²) in [4.78, 5) is 16.8. The van der Waals surface area contributed by atoms with E-state index in [1.165, 1.54) is 0 Å². The molecule has 1 aromatic heterocycles. The van der Waals surface area contributed by atoms with Crippen molar-refractivity contribution >= 4 is 16.9 Å². The lowest BCUT2D eigenvalue weighted by molar-refractivity contribution is -0.122. The molecule has 0 saturated heterocycles. The number of carbonyl (C=O) groups excluding carboxylic acids is 1. The van der Waals surface area contributed by atoms with E-state index in [0.29, 0.717) is 18.9 Å². The van der Waals surface area contributed by atoms with Gasteiger partial charge in [-0.1, -0.05) is 24.3 Å². The van der Waals surface area contributed by atoms with Crippen LogP contribution in [0.1, 0.15) is 5.82 Å². The van der Waals surface area contributed by atoms with E-state index in [9.17, 15) is 4.79 Å². The molecule has 25 heavy (non-hydrogen) atoms. The van der Waals surface area contributed by atoms with Gasteiger partial charge in [-0.25, -0.2) is 4.98 Å². The van der Waals surface area contributed by atoms with Crippen molar-refractivity contribution in [3.05, 3.63) is 54.4 Å². The summed E-state index contributed by atoms with van der Waals surface area (Å²) in [5, 5.41) is 2.92. The van der Waals surface area contributed by atoms with Gasteiger partial charge in [0.05, 0.1) is 17.6 Å². The molecule has 0 radical (unpaired) electrons. The van der Waals surface area contributed by atoms with Crippen molar-refractivity contribution in [2.45, 2.75) is 19.6 Å². The Morgan fingerprint density at radius 2 is 1.96 bits per heavy atom. The van der Waals surface area contributed by atoms with E-state index in [1.54, 1.807) is 0 Å². The van der Waals surface area contributed by atoms with Gasteiger partial charge in [0.2, 0.25) is 5.91 Å². The topological polar surface area (TPSA) is 65.4 Å². The Bertz CT molecular complexity index is 919. The number of imidazole rings is 1. The number of rotatable bonds is 4. The number of nitrogens with one attached hydrogen (secondary N) is 1. The molecule has 1 aliphatic heterocycles. The lowest BCUT2D eigenvalue weighted by Gasteiger charge is -2.26. The van der Waals surface area contributed by atoms with Gasteiger partial charge < -0.3 is 19.4 Å². The maximum absolute atomic E-state index is 12.3. The first kappa shape index (κ1) is 15.5. The second-order valence-corrected chi connectivity index (χ2v) is 6.04. The number of para-hydroxylation sites is 4. The van der Waals surface area contributed by atoms with Crippen molar-refractivity contribution in [3.63, 3.8) is 0 Å². The standard InChI is InChI=1S/C19H19N3O3/c1-13-21-15-6-2-3-7-16(15)22(13)11-19(23)20-10-14-12-24-17-8-4-5-9-18(17)25-14/h2-9,14H,10-12H2,1H3,(H,20,23). The van der Waals surface area contributed by atoms with Crippen LogP contribution in [-0.4, -0.2) is 34.7 Å². The number of benzene rings is 2. The number of aromatic nitrogens is 2. The normalized spacial score (nSPS) is 16.0. The molecule has 2 heterocycles. The zero-order valence-electron chi connectivity index (χ0n) is 13.9. The van der Waals surface area contributed by atoms with Gasteiger partial charge in [0.25, 0.3) is 0 Å². The second kappa shape index (κ2) is 6.47. The smallest absolute Gasteiger partial charge is 0.240 e. The van der Waals surface area contributed by atoms with E-state index < -0.39 is 0 Å². The predicted octanol–water partition coefficient (Wildman–Crippen LogP) is 2.30. The zero-order valence-corrected chi connectivity index (χ0v) is 13.9. The summed E-state index contributed by atoms with van der Waals surface area (Å²) >= 11 is 0. The van der Waals surface area contributed by atoms with Gasteiger partial charge in [-0.3, -0.25) is 4.79 Å². The van der Waals surface area contributed by atoms with E-state index in [1.807, 2.05) is 60.0 Å². The molecule has 128 valence electrons. The number of fused-ring (bicyclic) bond motifs is 2. The third-order valence-corrected chi connectivity index (χ3v) is 4.24. The third-order valence-electron chi connectivity index (χ3n) is 4.24. The summed E-state index contributed by atoms with van der Waals surface area (Å²) in [6.07, 6.45) is -0.195. The maximum Gasteiger partial charge on any atom is 0.240 e. The van der Waals surface area contributed by atoms with Crippen LogP contribution in [0.15, 0.2) is 48.5 Å². The lowest BCUT2D eigenvalue weighted by Crippen LogP contribution is -2.41. The molecule has 0 spiro atoms. The van der Waals surface area contributed by atoms with Crippen LogP contribution in [0.2, 0.25) is 0 Å². The van der Waals surface area contributed by atoms with E-state index >= 15 is 0 Å². The average Bonchev–Trinajstić information content (AvgIpc) is 2.95. The number of ether oxygens (including phenoxy) is 2. The Hall–Kier alpha value is -3.02. The summed E-state index contributed by atoms with van der Waals surface area (Å²) in [7, 11) is 0. The van der Waals surface area contributed by atoms with Gasteiger partial charge in [0.15, 0.2) is 11.5 Å². The van der Waals surface area contributed by atoms with Crippen LogP contribution in [-0.2, 0) is 11.3 Å². The summed E-state index contributed by atoms with van der Waals surface area (Å²) < 4.78 is 13.4. The number of hydrogen-bond acceptors (Lipinski definition) is 4. The summed E-state index contributed by atoms with van der Waals surface area (Å²) in [5.74, 6) is 2.20. The molecule has 3 aromatic rings. The number of amides is 1. The van der Waals surface area contributed by atoms with E-state index in [0.717, 1.165) is 22.6 Å². The lowest BCUT2D eigenvalue weighted by atomic mass is 10.2. The molecule has 1 amide bonds. The van der Waals surface area contributed by atoms with Gasteiger partial charge in [-0.2, -0.15) is 0 Å². The van der Waals surface area contributed by atoms with Gasteiger partial charge in [-0.05, 0) is 31.2 Å². The van der Waals surface area contributed by atoms with Crippen molar-refractivity contribution in [2.24, 2.45) is 0 Å². The van der Waals surface area contributed by atoms with Gasteiger partial charge in [0.1, 0.15) is 25.1 Å². The van der Waals surface area contributed by atoms with Crippen LogP contribution < -0.4 is 14.8 Å². The minimum absolute atomic E-state index is 0.0753. The quantitative estimate of drug-likeness (QED) is 0.793. The number of nitrogens with zero attached hydrogens (tertiary/aromatic N) is 2. The van der Waals surface area contributed by atoms with Crippen LogP contribution in [0, 0.1) is 6.92 Å². The average molecular weight is 337 g/mol. The molecule has 4 rings (SSSR count). The molecule has 1 N–H and O–H groups in total. The molecule has 6 heteroatoms. The fourth-order valence-electron chi connectivity index (χ4n) is 2.99. The Kier molecular flexibility index (Phi) is 4.01. The molecule has 0 saturated carbocycles. The fourth-order valence-corrected chi connectivity index (χ4v) is 2.99. The molecule has 1 atom stereocenters. The van der Waals surface area contributed by atoms with Crippen molar-refractivity contribution in [1.82, 2.24) is 14.9 Å². The first-order valence-corrected chi connectivity index (χ1v) is 8.28. The molecule has 1 unspecified atom stereocenters. The summed E-state index contributed by atoms with van der Waals surface area (Å²) in [6.45, 7) is 2.96. The van der Waals surface area contributed by atoms with Crippen LogP contribution in [0.4, 0.5) is 0 Å². The third kappa shape index (κ3) is 3.15. The van der Waals surface area contributed by atoms with E-state index in [4.69, 9.17) is 9.47 Å². The zero-order chi connectivity index (χ0) is 17.2. The first-order valence-electron chi connectivity index (χ1n) is 8.28. The molecule has 6 nitrogen and oxygen atoms in total. The van der Waals surface area contributed by atoms with E-state index in [2.05, 4.69) is 10.3 Å². The molecule has 0 fully saturated rings. The largest absolute Gasteiger partial charge is 0.486 e. The Morgan fingerprint density at radius 3 is 2.84 bits per heavy atom. The summed E-state index contributed by atoms with van der Waals surface area (Å²) in [6, 6.07) is 15.3. The van der Waals surface area contributed by atoms with Crippen molar-refractivity contribution < 1.29 is 14.3 Å². The van der Waals surface area contributed by atoms with Crippen LogP contribution in [0.3, 0.4) is 0 Å². The van der Waals surface area contributed by atoms with Crippen molar-refractivity contribution in [3.8, 4) is 11.5 Å². The van der Waals surface area contributed by atoms with Crippen LogP contribution in [0.5, 0.6) is 11.5 Å². The van der Waals surface area contributed by atoms with Gasteiger partial charge in [-0.15, -0.1) is 0 Å². The minimum atomic E-state index is -0.195. The van der Waals surface area contributed by atoms with Crippen LogP contribution in [0.25, 0.3) is 11.0 Å². The van der Waals surface area contributed by atoms with Crippen molar-refractivity contribution in [2.75, 3.05) is 13.2 Å². The highest BCUT2D eigenvalue weighted by atomic mass is 16.6. The minimum Gasteiger partial charge on any atom is -0.486 e. The highest BCUT2D eigenvalue weighted by Gasteiger charge is 2.21. The second-order valence-electron chi connectivity index (χ2n) is 6.04. The molecule has 2 aromatic carbocycles. The Morgan fingerprint density at radius 1 is 1.20 bits per heavy atom. The maximum atomic E-state index is 12.3. The Labute approximate surface area is 145 Å². The van der Waals surface area contributed by atoms with Gasteiger partial charge in [0, 0.05) is 0 Å². The van der Waals surface area contributed by atoms with Gasteiger partial charge >= 0.3 is 0 Å². The molecule has 1 aliphatic rings. The number of carbonyl (C=O) groups is 1. The fraction of sp³-hybridized carbons (Fsp3) is 0.263. The first-order chi connectivity index (χ1) is 12.2. The predicted molar refractivity (Wildman–Crippen MR) is 93.8 cm³/mol. The monoisotopic (exact) mass is 337 g/mol. The molecular weight excluding hydrogens is 318 g/mol. The number of hydrogen-bond donors (Lipinski definition) is 1. The Balaban J connectivity index is 1.38. The highest BCUT2D eigenvalue weighted by Crippen LogP contribution is 2.30. The highest BCUT2D eigenvalue weighted by molar-refractivity contribution is 5.81.